The van der Waals surface area contributed by atoms with E-state index in [1.165, 1.54) is 4.90 Å². The van der Waals surface area contributed by atoms with Gasteiger partial charge >= 0.3 is 0 Å². The number of halogens is 1. The van der Waals surface area contributed by atoms with Crippen LogP contribution in [0.2, 0.25) is 0 Å². The number of carbonyl (C=O) groups is 1. The predicted molar refractivity (Wildman–Crippen MR) is 65.4 cm³/mol. The van der Waals surface area contributed by atoms with Crippen LogP contribution in [0.15, 0.2) is 24.3 Å². The molecule has 1 fully saturated rings. The number of likely N-dealkylation sites (tertiary alicyclic amines) is 1. The summed E-state index contributed by atoms with van der Waals surface area (Å²) in [4.78, 5) is 13.1. The summed E-state index contributed by atoms with van der Waals surface area (Å²) in [5.74, 6) is -0.0374. The van der Waals surface area contributed by atoms with E-state index in [1.807, 2.05) is 0 Å². The van der Waals surface area contributed by atoms with Crippen molar-refractivity contribution in [1.29, 1.82) is 0 Å². The van der Waals surface area contributed by atoms with Crippen LogP contribution < -0.4 is 0 Å². The van der Waals surface area contributed by atoms with E-state index in [0.29, 0.717) is 24.1 Å². The number of rotatable bonds is 3. The van der Waals surface area contributed by atoms with Crippen molar-refractivity contribution in [3.8, 4) is 0 Å². The first-order chi connectivity index (χ1) is 8.05. The maximum Gasteiger partial charge on any atom is 0.222 e. The SMILES string of the molecule is [B]C([B])(c1ccc(CF)cc1)N1CCCC1=O. The Bertz CT molecular complexity index is 419. The number of benzene rings is 1. The second-order valence-corrected chi connectivity index (χ2v) is 4.30. The van der Waals surface area contributed by atoms with Crippen molar-refractivity contribution in [1.82, 2.24) is 4.90 Å². The monoisotopic (exact) mass is 227 g/mol. The van der Waals surface area contributed by atoms with E-state index in [4.69, 9.17) is 15.7 Å². The minimum absolute atomic E-state index is 0.0374. The zero-order chi connectivity index (χ0) is 12.5. The molecule has 2 nitrogen and oxygen atoms in total. The van der Waals surface area contributed by atoms with Crippen molar-refractivity contribution in [3.63, 3.8) is 0 Å². The van der Waals surface area contributed by atoms with Gasteiger partial charge in [0.2, 0.25) is 5.91 Å². The maximum atomic E-state index is 12.4. The lowest BCUT2D eigenvalue weighted by molar-refractivity contribution is -0.129. The molecule has 1 amide bonds. The zero-order valence-corrected chi connectivity index (χ0v) is 9.53. The van der Waals surface area contributed by atoms with E-state index >= 15 is 0 Å². The van der Waals surface area contributed by atoms with E-state index in [-0.39, 0.29) is 5.91 Å². The number of hydrogen-bond donors (Lipinski definition) is 0. The summed E-state index contributed by atoms with van der Waals surface area (Å²) in [6.45, 7) is 0.0434. The topological polar surface area (TPSA) is 20.3 Å². The van der Waals surface area contributed by atoms with Gasteiger partial charge in [-0.25, -0.2) is 4.39 Å². The third-order valence-electron chi connectivity index (χ3n) is 3.09. The maximum absolute atomic E-state index is 12.4. The Kier molecular flexibility index (Phi) is 3.27. The molecule has 2 rings (SSSR count). The van der Waals surface area contributed by atoms with Gasteiger partial charge in [0.1, 0.15) is 6.67 Å². The summed E-state index contributed by atoms with van der Waals surface area (Å²) < 4.78 is 12.4. The van der Waals surface area contributed by atoms with Gasteiger partial charge < -0.3 is 4.90 Å². The highest BCUT2D eigenvalue weighted by molar-refractivity contribution is 6.40. The van der Waals surface area contributed by atoms with Crippen molar-refractivity contribution in [3.05, 3.63) is 35.4 Å². The standard InChI is InChI=1S/C12H12B2FNO/c13-12(14,16-7-1-2-11(16)17)10-5-3-9(8-15)4-6-10/h3-6H,1-2,7-8H2. The van der Waals surface area contributed by atoms with Crippen LogP contribution in [-0.4, -0.2) is 33.0 Å². The molecule has 0 spiro atoms. The Balaban J connectivity index is 2.26. The highest BCUT2D eigenvalue weighted by Gasteiger charge is 2.33. The predicted octanol–water partition coefficient (Wildman–Crippen LogP) is 1.23. The van der Waals surface area contributed by atoms with E-state index in [0.717, 1.165) is 6.42 Å². The molecule has 0 aromatic heterocycles. The Morgan fingerprint density at radius 2 is 1.94 bits per heavy atom. The molecule has 0 bridgehead atoms. The largest absolute Gasteiger partial charge is 0.350 e. The van der Waals surface area contributed by atoms with E-state index in [9.17, 15) is 9.18 Å². The fourth-order valence-electron chi connectivity index (χ4n) is 2.06. The number of amides is 1. The number of carbonyl (C=O) groups excluding carboxylic acids is 1. The molecule has 0 unspecified atom stereocenters. The molecule has 1 saturated heterocycles. The molecule has 17 heavy (non-hydrogen) atoms. The summed E-state index contributed by atoms with van der Waals surface area (Å²) in [5, 5.41) is -1.30. The van der Waals surface area contributed by atoms with E-state index < -0.39 is 12.0 Å². The molecule has 1 aliphatic heterocycles. The molecule has 0 N–H and O–H groups in total. The third kappa shape index (κ3) is 2.24. The lowest BCUT2D eigenvalue weighted by Gasteiger charge is -2.37. The fourth-order valence-corrected chi connectivity index (χ4v) is 2.06. The van der Waals surface area contributed by atoms with Crippen LogP contribution >= 0.6 is 0 Å². The number of nitrogens with zero attached hydrogens (tertiary/aromatic N) is 1. The first-order valence-corrected chi connectivity index (χ1v) is 5.59. The molecule has 1 aromatic carbocycles. The number of hydrogen-bond acceptors (Lipinski definition) is 1. The van der Waals surface area contributed by atoms with Crippen LogP contribution in [0.25, 0.3) is 0 Å². The highest BCUT2D eigenvalue weighted by atomic mass is 19.1. The Labute approximate surface area is 103 Å². The minimum atomic E-state index is -1.30. The highest BCUT2D eigenvalue weighted by Crippen LogP contribution is 2.27. The third-order valence-corrected chi connectivity index (χ3v) is 3.09. The normalized spacial score (nSPS) is 16.5. The average Bonchev–Trinajstić information content (AvgIpc) is 2.76. The van der Waals surface area contributed by atoms with Crippen LogP contribution in [0.1, 0.15) is 24.0 Å². The van der Waals surface area contributed by atoms with Gasteiger partial charge in [0.25, 0.3) is 0 Å². The molecule has 0 atom stereocenters. The molecule has 1 aromatic rings. The van der Waals surface area contributed by atoms with Crippen LogP contribution in [0, 0.1) is 0 Å². The summed E-state index contributed by atoms with van der Waals surface area (Å²) in [6, 6.07) is 6.59. The zero-order valence-electron chi connectivity index (χ0n) is 9.53. The van der Waals surface area contributed by atoms with Crippen molar-refractivity contribution in [2.24, 2.45) is 0 Å². The van der Waals surface area contributed by atoms with Gasteiger partial charge in [0.15, 0.2) is 0 Å². The van der Waals surface area contributed by atoms with Gasteiger partial charge in [-0.1, -0.05) is 24.3 Å². The molecule has 1 heterocycles. The Morgan fingerprint density at radius 3 is 2.41 bits per heavy atom. The quantitative estimate of drug-likeness (QED) is 0.711. The smallest absolute Gasteiger partial charge is 0.222 e. The molecular formula is C12H12B2FNO. The second kappa shape index (κ2) is 4.55. The van der Waals surface area contributed by atoms with Crippen molar-refractivity contribution in [2.45, 2.75) is 24.9 Å². The summed E-state index contributed by atoms with van der Waals surface area (Å²) in [6.07, 6.45) is 1.26. The summed E-state index contributed by atoms with van der Waals surface area (Å²) in [5.41, 5.74) is 1.18. The van der Waals surface area contributed by atoms with Gasteiger partial charge in [-0.05, 0) is 22.9 Å². The van der Waals surface area contributed by atoms with Crippen LogP contribution in [0.3, 0.4) is 0 Å². The van der Waals surface area contributed by atoms with Gasteiger partial charge in [-0.15, -0.1) is 0 Å². The number of alkyl halides is 1. The van der Waals surface area contributed by atoms with Crippen LogP contribution in [-0.2, 0) is 16.8 Å². The van der Waals surface area contributed by atoms with Gasteiger partial charge in [-0.2, -0.15) is 0 Å². The van der Waals surface area contributed by atoms with E-state index in [2.05, 4.69) is 0 Å². The summed E-state index contributed by atoms with van der Waals surface area (Å²) >= 11 is 0. The van der Waals surface area contributed by atoms with Gasteiger partial charge in [0, 0.05) is 13.0 Å². The molecule has 1 aliphatic rings. The minimum Gasteiger partial charge on any atom is -0.350 e. The molecular weight excluding hydrogens is 215 g/mol. The van der Waals surface area contributed by atoms with Gasteiger partial charge in [0.05, 0.1) is 15.7 Å². The second-order valence-electron chi connectivity index (χ2n) is 4.30. The van der Waals surface area contributed by atoms with Gasteiger partial charge in [-0.3, -0.25) is 4.79 Å². The summed E-state index contributed by atoms with van der Waals surface area (Å²) in [7, 11) is 12.0. The molecule has 0 aliphatic carbocycles. The molecule has 5 heteroatoms. The van der Waals surface area contributed by atoms with E-state index in [1.54, 1.807) is 24.3 Å². The average molecular weight is 227 g/mol. The molecule has 0 saturated carbocycles. The Hall–Kier alpha value is -1.25. The van der Waals surface area contributed by atoms with Crippen LogP contribution in [0.5, 0.6) is 0 Å². The molecule has 84 valence electrons. The van der Waals surface area contributed by atoms with Crippen molar-refractivity contribution >= 4 is 21.6 Å². The first-order valence-electron chi connectivity index (χ1n) is 5.59. The lowest BCUT2D eigenvalue weighted by Crippen LogP contribution is -2.48. The lowest BCUT2D eigenvalue weighted by atomic mass is 9.57. The molecule has 4 radical (unpaired) electrons. The van der Waals surface area contributed by atoms with Crippen LogP contribution in [0.4, 0.5) is 4.39 Å². The first kappa shape index (κ1) is 12.2. The fraction of sp³-hybridized carbons (Fsp3) is 0.417. The van der Waals surface area contributed by atoms with Crippen molar-refractivity contribution in [2.75, 3.05) is 6.54 Å². The van der Waals surface area contributed by atoms with Crippen molar-refractivity contribution < 1.29 is 9.18 Å². The Morgan fingerprint density at radius 1 is 1.29 bits per heavy atom.